The maximum atomic E-state index is 5.68. The smallest absolute Gasteiger partial charge is 0.0578 e. The van der Waals surface area contributed by atoms with Gasteiger partial charge in [-0.15, -0.1) is 0 Å². The average Bonchev–Trinajstić information content (AvgIpc) is 2.19. The molecular weight excluding hydrogens is 178 g/mol. The van der Waals surface area contributed by atoms with Gasteiger partial charge >= 0.3 is 0 Å². The Hall–Kier alpha value is -0.120. The molecule has 0 bridgehead atoms. The van der Waals surface area contributed by atoms with Crippen LogP contribution in [0.5, 0.6) is 0 Å². The van der Waals surface area contributed by atoms with Crippen molar-refractivity contribution >= 4 is 0 Å². The normalized spacial score (nSPS) is 33.2. The molecular formula is C11H23NO2. The third kappa shape index (κ3) is 2.94. The Morgan fingerprint density at radius 1 is 1.57 bits per heavy atom. The van der Waals surface area contributed by atoms with E-state index >= 15 is 0 Å². The van der Waals surface area contributed by atoms with Crippen molar-refractivity contribution < 1.29 is 9.47 Å². The average molecular weight is 201 g/mol. The van der Waals surface area contributed by atoms with Crippen molar-refractivity contribution in [1.82, 2.24) is 0 Å². The molecule has 1 aliphatic heterocycles. The van der Waals surface area contributed by atoms with Crippen LogP contribution in [-0.2, 0) is 9.47 Å². The first-order valence-corrected chi connectivity index (χ1v) is 5.57. The van der Waals surface area contributed by atoms with E-state index in [-0.39, 0.29) is 5.41 Å². The van der Waals surface area contributed by atoms with Gasteiger partial charge in [0.2, 0.25) is 0 Å². The second kappa shape index (κ2) is 5.69. The van der Waals surface area contributed by atoms with Crippen molar-refractivity contribution in [3.63, 3.8) is 0 Å². The Morgan fingerprint density at radius 2 is 2.36 bits per heavy atom. The summed E-state index contributed by atoms with van der Waals surface area (Å²) >= 11 is 0. The summed E-state index contributed by atoms with van der Waals surface area (Å²) in [5, 5.41) is 0. The molecule has 84 valence electrons. The molecule has 1 heterocycles. The molecule has 0 saturated carbocycles. The Balaban J connectivity index is 2.55. The van der Waals surface area contributed by atoms with E-state index in [1.165, 1.54) is 0 Å². The molecule has 1 fully saturated rings. The van der Waals surface area contributed by atoms with E-state index in [0.29, 0.717) is 6.10 Å². The minimum absolute atomic E-state index is 0.280. The highest BCUT2D eigenvalue weighted by Crippen LogP contribution is 2.37. The topological polar surface area (TPSA) is 44.5 Å². The van der Waals surface area contributed by atoms with E-state index < -0.39 is 0 Å². The minimum Gasteiger partial charge on any atom is -0.384 e. The largest absolute Gasteiger partial charge is 0.384 e. The first-order valence-electron chi connectivity index (χ1n) is 5.57. The zero-order chi connectivity index (χ0) is 10.4. The number of hydrogen-bond donors (Lipinski definition) is 1. The van der Waals surface area contributed by atoms with Gasteiger partial charge in [-0.05, 0) is 37.6 Å². The first-order chi connectivity index (χ1) is 6.76. The van der Waals surface area contributed by atoms with Gasteiger partial charge in [0.25, 0.3) is 0 Å². The van der Waals surface area contributed by atoms with Crippen LogP contribution in [0.1, 0.15) is 32.6 Å². The minimum atomic E-state index is 0.280. The highest BCUT2D eigenvalue weighted by Gasteiger charge is 2.35. The van der Waals surface area contributed by atoms with Crippen LogP contribution >= 0.6 is 0 Å². The predicted octanol–water partition coefficient (Wildman–Crippen LogP) is 1.56. The van der Waals surface area contributed by atoms with E-state index in [1.807, 2.05) is 0 Å². The van der Waals surface area contributed by atoms with Crippen LogP contribution in [0, 0.1) is 5.41 Å². The fraction of sp³-hybridized carbons (Fsp3) is 1.00. The van der Waals surface area contributed by atoms with Gasteiger partial charge in [-0.2, -0.15) is 0 Å². The van der Waals surface area contributed by atoms with E-state index in [0.717, 1.165) is 45.4 Å². The number of rotatable bonds is 5. The lowest BCUT2D eigenvalue weighted by Crippen LogP contribution is -2.39. The quantitative estimate of drug-likeness (QED) is 0.734. The Bertz CT molecular complexity index is 150. The molecule has 2 N–H and O–H groups in total. The summed E-state index contributed by atoms with van der Waals surface area (Å²) in [6.45, 7) is 4.61. The van der Waals surface area contributed by atoms with E-state index in [2.05, 4.69) is 6.92 Å². The van der Waals surface area contributed by atoms with E-state index in [1.54, 1.807) is 7.11 Å². The van der Waals surface area contributed by atoms with Crippen LogP contribution < -0.4 is 5.73 Å². The Labute approximate surface area is 86.9 Å². The lowest BCUT2D eigenvalue weighted by molar-refractivity contribution is -0.0777. The fourth-order valence-electron chi connectivity index (χ4n) is 2.39. The summed E-state index contributed by atoms with van der Waals surface area (Å²) in [5.74, 6) is 0. The van der Waals surface area contributed by atoms with Crippen LogP contribution in [0.4, 0.5) is 0 Å². The maximum absolute atomic E-state index is 5.68. The molecule has 0 aromatic rings. The molecule has 0 amide bonds. The zero-order valence-corrected chi connectivity index (χ0v) is 9.42. The monoisotopic (exact) mass is 201 g/mol. The second-order valence-corrected chi connectivity index (χ2v) is 4.33. The molecule has 0 aromatic heterocycles. The Morgan fingerprint density at radius 3 is 2.93 bits per heavy atom. The first kappa shape index (κ1) is 12.0. The van der Waals surface area contributed by atoms with Gasteiger partial charge in [-0.3, -0.25) is 0 Å². The summed E-state index contributed by atoms with van der Waals surface area (Å²) in [7, 11) is 1.77. The second-order valence-electron chi connectivity index (χ2n) is 4.33. The lowest BCUT2D eigenvalue weighted by Gasteiger charge is -2.40. The highest BCUT2D eigenvalue weighted by molar-refractivity contribution is 4.85. The van der Waals surface area contributed by atoms with Gasteiger partial charge in [-0.1, -0.05) is 6.92 Å². The van der Waals surface area contributed by atoms with Crippen LogP contribution in [0.25, 0.3) is 0 Å². The van der Waals surface area contributed by atoms with Gasteiger partial charge in [0, 0.05) is 13.7 Å². The molecule has 0 spiro atoms. The van der Waals surface area contributed by atoms with Crippen LogP contribution in [0.2, 0.25) is 0 Å². The molecule has 1 rings (SSSR count). The number of nitrogens with two attached hydrogens (primary N) is 1. The molecule has 3 heteroatoms. The summed E-state index contributed by atoms with van der Waals surface area (Å²) in [6, 6.07) is 0. The van der Waals surface area contributed by atoms with Gasteiger partial charge in [-0.25, -0.2) is 0 Å². The third-order valence-electron chi connectivity index (χ3n) is 3.23. The molecule has 0 radical (unpaired) electrons. The summed E-state index contributed by atoms with van der Waals surface area (Å²) in [6.07, 6.45) is 4.75. The van der Waals surface area contributed by atoms with Gasteiger partial charge in [0.1, 0.15) is 0 Å². The SMILES string of the molecule is CCC1CC(CCN)(COC)CCO1. The van der Waals surface area contributed by atoms with Crippen LogP contribution in [0.15, 0.2) is 0 Å². The Kier molecular flexibility index (Phi) is 4.85. The molecule has 1 aliphatic rings. The van der Waals surface area contributed by atoms with Crippen LogP contribution in [0.3, 0.4) is 0 Å². The predicted molar refractivity (Wildman–Crippen MR) is 57.2 cm³/mol. The molecule has 0 aliphatic carbocycles. The molecule has 2 unspecified atom stereocenters. The van der Waals surface area contributed by atoms with Gasteiger partial charge < -0.3 is 15.2 Å². The van der Waals surface area contributed by atoms with Gasteiger partial charge in [0.15, 0.2) is 0 Å². The molecule has 0 aromatic carbocycles. The van der Waals surface area contributed by atoms with Crippen LogP contribution in [-0.4, -0.2) is 33.0 Å². The molecule has 14 heavy (non-hydrogen) atoms. The van der Waals surface area contributed by atoms with E-state index in [9.17, 15) is 0 Å². The summed E-state index contributed by atoms with van der Waals surface area (Å²) < 4.78 is 11.0. The lowest BCUT2D eigenvalue weighted by atomic mass is 9.75. The van der Waals surface area contributed by atoms with Crippen molar-refractivity contribution in [3.8, 4) is 0 Å². The zero-order valence-electron chi connectivity index (χ0n) is 9.42. The number of methoxy groups -OCH3 is 1. The van der Waals surface area contributed by atoms with Crippen molar-refractivity contribution in [2.45, 2.75) is 38.7 Å². The third-order valence-corrected chi connectivity index (χ3v) is 3.23. The number of hydrogen-bond acceptors (Lipinski definition) is 3. The van der Waals surface area contributed by atoms with Crippen molar-refractivity contribution in [2.75, 3.05) is 26.9 Å². The molecule has 1 saturated heterocycles. The molecule has 2 atom stereocenters. The summed E-state index contributed by atoms with van der Waals surface area (Å²) in [4.78, 5) is 0. The van der Waals surface area contributed by atoms with Crippen molar-refractivity contribution in [3.05, 3.63) is 0 Å². The maximum Gasteiger partial charge on any atom is 0.0578 e. The highest BCUT2D eigenvalue weighted by atomic mass is 16.5. The summed E-state index contributed by atoms with van der Waals surface area (Å²) in [5.41, 5.74) is 5.95. The van der Waals surface area contributed by atoms with E-state index in [4.69, 9.17) is 15.2 Å². The van der Waals surface area contributed by atoms with Crippen molar-refractivity contribution in [1.29, 1.82) is 0 Å². The standard InChI is InChI=1S/C11H23NO2/c1-3-10-8-11(4-6-12,9-13-2)5-7-14-10/h10H,3-9,12H2,1-2H3. The van der Waals surface area contributed by atoms with Gasteiger partial charge in [0.05, 0.1) is 12.7 Å². The fourth-order valence-corrected chi connectivity index (χ4v) is 2.39. The number of ether oxygens (including phenoxy) is 2. The van der Waals surface area contributed by atoms with Crippen molar-refractivity contribution in [2.24, 2.45) is 11.1 Å². The molecule has 3 nitrogen and oxygen atoms in total.